The van der Waals surface area contributed by atoms with E-state index in [1.54, 1.807) is 0 Å². The summed E-state index contributed by atoms with van der Waals surface area (Å²) in [5.41, 5.74) is 2.17. The van der Waals surface area contributed by atoms with Crippen molar-refractivity contribution in [3.05, 3.63) is 24.3 Å². The Labute approximate surface area is 157 Å². The molecule has 0 atom stereocenters. The molecule has 1 aromatic carbocycles. The molecule has 6 heteroatoms. The second kappa shape index (κ2) is 10.8. The molecule has 1 aromatic rings. The van der Waals surface area contributed by atoms with Crippen LogP contribution >= 0.6 is 24.8 Å². The maximum Gasteiger partial charge on any atom is 0.227 e. The first kappa shape index (κ1) is 21.1. The molecule has 2 aliphatic heterocycles. The molecule has 0 unspecified atom stereocenters. The van der Waals surface area contributed by atoms with Crippen LogP contribution in [0.3, 0.4) is 0 Å². The van der Waals surface area contributed by atoms with Gasteiger partial charge < -0.3 is 15.5 Å². The average Bonchev–Trinajstić information content (AvgIpc) is 2.85. The number of piperidine rings is 1. The highest BCUT2D eigenvalue weighted by molar-refractivity contribution is 5.95. The number of rotatable bonds is 3. The van der Waals surface area contributed by atoms with Crippen LogP contribution in [0.2, 0.25) is 0 Å². The second-order valence-corrected chi connectivity index (χ2v) is 6.43. The summed E-state index contributed by atoms with van der Waals surface area (Å²) in [7, 11) is 0. The molecule has 2 fully saturated rings. The quantitative estimate of drug-likeness (QED) is 0.845. The number of hydrogen-bond donors (Lipinski definition) is 2. The van der Waals surface area contributed by atoms with Gasteiger partial charge in [-0.2, -0.15) is 0 Å². The van der Waals surface area contributed by atoms with Crippen LogP contribution in [0.5, 0.6) is 0 Å². The Bertz CT molecular complexity index is 499. The van der Waals surface area contributed by atoms with Crippen molar-refractivity contribution in [3.63, 3.8) is 0 Å². The molecule has 0 saturated carbocycles. The van der Waals surface area contributed by atoms with Gasteiger partial charge in [-0.3, -0.25) is 4.79 Å². The molecule has 0 aromatic heterocycles. The lowest BCUT2D eigenvalue weighted by Gasteiger charge is -2.27. The summed E-state index contributed by atoms with van der Waals surface area (Å²) in [6.45, 7) is 4.10. The van der Waals surface area contributed by atoms with Crippen LogP contribution in [0, 0.1) is 5.92 Å². The number of anilines is 2. The lowest BCUT2D eigenvalue weighted by Crippen LogP contribution is -2.35. The first-order chi connectivity index (χ1) is 10.8. The standard InChI is InChI=1S/C18H27N3O.2ClH/c22-18(15-9-11-19-12-10-15)20-16-7-3-4-8-17(16)21-13-5-1-2-6-14-21;;/h3-4,7-8,15,19H,1-2,5-6,9-14H2,(H,20,22);2*1H. The van der Waals surface area contributed by atoms with E-state index in [0.29, 0.717) is 0 Å². The number of benzene rings is 1. The van der Waals surface area contributed by atoms with Gasteiger partial charge in [-0.05, 0) is 50.9 Å². The minimum absolute atomic E-state index is 0. The van der Waals surface area contributed by atoms with Gasteiger partial charge in [0.05, 0.1) is 11.4 Å². The van der Waals surface area contributed by atoms with Gasteiger partial charge in [-0.15, -0.1) is 24.8 Å². The molecule has 0 aliphatic carbocycles. The second-order valence-electron chi connectivity index (χ2n) is 6.43. The van der Waals surface area contributed by atoms with Gasteiger partial charge in [0.2, 0.25) is 5.91 Å². The molecule has 2 N–H and O–H groups in total. The predicted molar refractivity (Wildman–Crippen MR) is 106 cm³/mol. The van der Waals surface area contributed by atoms with Gasteiger partial charge in [0.15, 0.2) is 0 Å². The van der Waals surface area contributed by atoms with Crippen molar-refractivity contribution >= 4 is 42.1 Å². The number of para-hydroxylation sites is 2. The van der Waals surface area contributed by atoms with E-state index in [9.17, 15) is 4.79 Å². The number of halogens is 2. The Balaban J connectivity index is 0.00000144. The smallest absolute Gasteiger partial charge is 0.227 e. The molecule has 0 radical (unpaired) electrons. The topological polar surface area (TPSA) is 44.4 Å². The summed E-state index contributed by atoms with van der Waals surface area (Å²) in [4.78, 5) is 14.9. The van der Waals surface area contributed by atoms with E-state index in [-0.39, 0.29) is 36.6 Å². The number of nitrogens with one attached hydrogen (secondary N) is 2. The summed E-state index contributed by atoms with van der Waals surface area (Å²) in [6.07, 6.45) is 7.02. The number of carbonyl (C=O) groups excluding carboxylic acids is 1. The monoisotopic (exact) mass is 373 g/mol. The SMILES string of the molecule is Cl.Cl.O=C(Nc1ccccc1N1CCCCCC1)C1CCNCC1. The third-order valence-corrected chi connectivity index (χ3v) is 4.82. The lowest BCUT2D eigenvalue weighted by atomic mass is 9.97. The highest BCUT2D eigenvalue weighted by atomic mass is 35.5. The zero-order valence-corrected chi connectivity index (χ0v) is 15.8. The fraction of sp³-hybridized carbons (Fsp3) is 0.611. The Hall–Kier alpha value is -0.970. The molecule has 2 heterocycles. The minimum Gasteiger partial charge on any atom is -0.370 e. The highest BCUT2D eigenvalue weighted by Gasteiger charge is 2.22. The van der Waals surface area contributed by atoms with Gasteiger partial charge in [-0.1, -0.05) is 25.0 Å². The molecular weight excluding hydrogens is 345 g/mol. The fourth-order valence-corrected chi connectivity index (χ4v) is 3.49. The fourth-order valence-electron chi connectivity index (χ4n) is 3.49. The van der Waals surface area contributed by atoms with Gasteiger partial charge in [0.1, 0.15) is 0 Å². The van der Waals surface area contributed by atoms with Crippen molar-refractivity contribution in [1.29, 1.82) is 0 Å². The molecule has 2 aliphatic rings. The number of carbonyl (C=O) groups is 1. The van der Waals surface area contributed by atoms with Crippen LogP contribution in [0.4, 0.5) is 11.4 Å². The summed E-state index contributed by atoms with van der Waals surface area (Å²) in [5.74, 6) is 0.335. The third kappa shape index (κ3) is 5.54. The Morgan fingerprint density at radius 3 is 2.29 bits per heavy atom. The van der Waals surface area contributed by atoms with Crippen LogP contribution in [0.15, 0.2) is 24.3 Å². The largest absolute Gasteiger partial charge is 0.370 e. The van der Waals surface area contributed by atoms with Crippen LogP contribution in [-0.2, 0) is 4.79 Å². The van der Waals surface area contributed by atoms with Gasteiger partial charge in [0.25, 0.3) is 0 Å². The van der Waals surface area contributed by atoms with Crippen molar-refractivity contribution < 1.29 is 4.79 Å². The van der Waals surface area contributed by atoms with Gasteiger partial charge >= 0.3 is 0 Å². The molecule has 3 rings (SSSR count). The van der Waals surface area contributed by atoms with Crippen molar-refractivity contribution in [2.45, 2.75) is 38.5 Å². The van der Waals surface area contributed by atoms with E-state index >= 15 is 0 Å². The maximum absolute atomic E-state index is 12.5. The Morgan fingerprint density at radius 2 is 1.62 bits per heavy atom. The number of hydrogen-bond acceptors (Lipinski definition) is 3. The van der Waals surface area contributed by atoms with Crippen LogP contribution < -0.4 is 15.5 Å². The molecule has 136 valence electrons. The number of amides is 1. The zero-order valence-electron chi connectivity index (χ0n) is 14.1. The maximum atomic E-state index is 12.5. The van der Waals surface area contributed by atoms with Crippen molar-refractivity contribution in [2.24, 2.45) is 5.92 Å². The average molecular weight is 374 g/mol. The van der Waals surface area contributed by atoms with E-state index in [1.165, 1.54) is 31.4 Å². The van der Waals surface area contributed by atoms with Crippen molar-refractivity contribution in [3.8, 4) is 0 Å². The van der Waals surface area contributed by atoms with Crippen molar-refractivity contribution in [2.75, 3.05) is 36.4 Å². The van der Waals surface area contributed by atoms with Crippen LogP contribution in [0.1, 0.15) is 38.5 Å². The molecule has 0 bridgehead atoms. The lowest BCUT2D eigenvalue weighted by molar-refractivity contribution is -0.120. The first-order valence-corrected chi connectivity index (χ1v) is 8.70. The van der Waals surface area contributed by atoms with Gasteiger partial charge in [-0.25, -0.2) is 0 Å². The van der Waals surface area contributed by atoms with E-state index in [1.807, 2.05) is 12.1 Å². The molecule has 0 spiro atoms. The van der Waals surface area contributed by atoms with Crippen LogP contribution in [0.25, 0.3) is 0 Å². The van der Waals surface area contributed by atoms with E-state index in [0.717, 1.165) is 44.7 Å². The molecule has 24 heavy (non-hydrogen) atoms. The predicted octanol–water partition coefficient (Wildman–Crippen LogP) is 3.85. The van der Waals surface area contributed by atoms with Crippen LogP contribution in [-0.4, -0.2) is 32.1 Å². The summed E-state index contributed by atoms with van der Waals surface area (Å²) in [6, 6.07) is 8.27. The third-order valence-electron chi connectivity index (χ3n) is 4.82. The van der Waals surface area contributed by atoms with E-state index in [4.69, 9.17) is 0 Å². The van der Waals surface area contributed by atoms with E-state index in [2.05, 4.69) is 27.7 Å². The Morgan fingerprint density at radius 1 is 1.00 bits per heavy atom. The summed E-state index contributed by atoms with van der Waals surface area (Å²) in [5, 5.41) is 6.50. The molecule has 4 nitrogen and oxygen atoms in total. The van der Waals surface area contributed by atoms with Gasteiger partial charge in [0, 0.05) is 19.0 Å². The minimum atomic E-state index is 0. The summed E-state index contributed by atoms with van der Waals surface area (Å²) >= 11 is 0. The van der Waals surface area contributed by atoms with E-state index < -0.39 is 0 Å². The highest BCUT2D eigenvalue weighted by Crippen LogP contribution is 2.28. The normalized spacial score (nSPS) is 18.8. The van der Waals surface area contributed by atoms with Crippen molar-refractivity contribution in [1.82, 2.24) is 5.32 Å². The molecule has 2 saturated heterocycles. The molecule has 1 amide bonds. The zero-order chi connectivity index (χ0) is 15.2. The molecular formula is C18H29Cl2N3O. The summed E-state index contributed by atoms with van der Waals surface area (Å²) < 4.78 is 0. The first-order valence-electron chi connectivity index (χ1n) is 8.70. The number of nitrogens with zero attached hydrogens (tertiary/aromatic N) is 1. The Kier molecular flexibility index (Phi) is 9.49.